The lowest BCUT2D eigenvalue weighted by atomic mass is 9.64. The molecular formula is C59H42N2O2. The molecule has 0 fully saturated rings. The minimum Gasteiger partial charge on any atom is -0.457 e. The van der Waals surface area contributed by atoms with Gasteiger partial charge in [-0.2, -0.15) is 0 Å². The SMILES string of the molecule is Cc1ccccc1C1(c2cc(-n3c4ccccc4c4ccccc43)ccc2C)c2ccccc2-c2c(-n3c4ccccc4c4ccccc43)ccc(C(=O)OCc3ccccc3)c21. The molecule has 12 rings (SSSR count). The maximum Gasteiger partial charge on any atom is 0.338 e. The summed E-state index contributed by atoms with van der Waals surface area (Å²) in [6, 6.07) is 73.1. The van der Waals surface area contributed by atoms with Crippen LogP contribution in [-0.4, -0.2) is 15.1 Å². The first-order chi connectivity index (χ1) is 31.0. The first-order valence-electron chi connectivity index (χ1n) is 21.7. The maximum atomic E-state index is 15.2. The molecule has 63 heavy (non-hydrogen) atoms. The molecule has 1 aliphatic carbocycles. The summed E-state index contributed by atoms with van der Waals surface area (Å²) >= 11 is 0. The molecule has 1 aliphatic rings. The van der Waals surface area contributed by atoms with Crippen molar-refractivity contribution in [1.82, 2.24) is 9.13 Å². The van der Waals surface area contributed by atoms with E-state index in [4.69, 9.17) is 4.74 Å². The first kappa shape index (κ1) is 36.9. The predicted molar refractivity (Wildman–Crippen MR) is 257 cm³/mol. The van der Waals surface area contributed by atoms with Crippen LogP contribution >= 0.6 is 0 Å². The molecule has 2 aromatic heterocycles. The van der Waals surface area contributed by atoms with Gasteiger partial charge in [0.1, 0.15) is 6.61 Å². The number of hydrogen-bond donors (Lipinski definition) is 0. The van der Waals surface area contributed by atoms with Gasteiger partial charge in [0.2, 0.25) is 0 Å². The van der Waals surface area contributed by atoms with Gasteiger partial charge in [0.25, 0.3) is 0 Å². The van der Waals surface area contributed by atoms with Gasteiger partial charge in [0.15, 0.2) is 0 Å². The molecule has 1 atom stereocenters. The van der Waals surface area contributed by atoms with Crippen molar-refractivity contribution in [2.24, 2.45) is 0 Å². The second-order valence-corrected chi connectivity index (χ2v) is 16.8. The number of carbonyl (C=O) groups is 1. The Hall–Kier alpha value is -7.95. The van der Waals surface area contributed by atoms with E-state index in [1.807, 2.05) is 36.4 Å². The third-order valence-electron chi connectivity index (χ3n) is 13.4. The average Bonchev–Trinajstić information content (AvgIpc) is 3.96. The van der Waals surface area contributed by atoms with E-state index in [9.17, 15) is 0 Å². The first-order valence-corrected chi connectivity index (χ1v) is 21.7. The number of ether oxygens (including phenoxy) is 1. The van der Waals surface area contributed by atoms with Gasteiger partial charge >= 0.3 is 5.97 Å². The van der Waals surface area contributed by atoms with Crippen molar-refractivity contribution in [3.63, 3.8) is 0 Å². The minimum atomic E-state index is -0.938. The summed E-state index contributed by atoms with van der Waals surface area (Å²) < 4.78 is 11.2. The third kappa shape index (κ3) is 5.38. The highest BCUT2D eigenvalue weighted by atomic mass is 16.5. The van der Waals surface area contributed by atoms with Crippen LogP contribution in [0, 0.1) is 13.8 Å². The highest BCUT2D eigenvalue weighted by molar-refractivity contribution is 6.12. The molecular weight excluding hydrogens is 769 g/mol. The van der Waals surface area contributed by atoms with Gasteiger partial charge in [-0.3, -0.25) is 0 Å². The molecule has 2 heterocycles. The zero-order valence-corrected chi connectivity index (χ0v) is 35.0. The van der Waals surface area contributed by atoms with Gasteiger partial charge in [0, 0.05) is 32.8 Å². The number of rotatable bonds is 7. The van der Waals surface area contributed by atoms with Crippen LogP contribution in [0.1, 0.15) is 49.3 Å². The van der Waals surface area contributed by atoms with Crippen molar-refractivity contribution in [1.29, 1.82) is 0 Å². The number of esters is 1. The van der Waals surface area contributed by atoms with Crippen LogP contribution in [-0.2, 0) is 16.8 Å². The number of hydrogen-bond acceptors (Lipinski definition) is 2. The second kappa shape index (κ2) is 14.3. The highest BCUT2D eigenvalue weighted by Crippen LogP contribution is 2.60. The summed E-state index contributed by atoms with van der Waals surface area (Å²) in [6.45, 7) is 4.58. The molecule has 4 heteroatoms. The van der Waals surface area contributed by atoms with Crippen molar-refractivity contribution in [2.75, 3.05) is 0 Å². The number of benzene rings is 9. The summed E-state index contributed by atoms with van der Waals surface area (Å²) in [4.78, 5) is 15.2. The molecule has 0 bridgehead atoms. The summed E-state index contributed by atoms with van der Waals surface area (Å²) in [5.74, 6) is -0.356. The zero-order valence-electron chi connectivity index (χ0n) is 35.0. The smallest absolute Gasteiger partial charge is 0.338 e. The summed E-state index contributed by atoms with van der Waals surface area (Å²) in [5.41, 5.74) is 15.8. The van der Waals surface area contributed by atoms with Crippen LogP contribution in [0.5, 0.6) is 0 Å². The fourth-order valence-corrected chi connectivity index (χ4v) is 10.8. The number of para-hydroxylation sites is 4. The van der Waals surface area contributed by atoms with Crippen LogP contribution < -0.4 is 0 Å². The topological polar surface area (TPSA) is 36.2 Å². The van der Waals surface area contributed by atoms with Gasteiger partial charge in [-0.25, -0.2) is 4.79 Å². The second-order valence-electron chi connectivity index (χ2n) is 16.8. The third-order valence-corrected chi connectivity index (χ3v) is 13.4. The van der Waals surface area contributed by atoms with Gasteiger partial charge in [-0.05, 0) is 107 Å². The quantitative estimate of drug-likeness (QED) is 0.150. The van der Waals surface area contributed by atoms with Crippen LogP contribution in [0.4, 0.5) is 0 Å². The highest BCUT2D eigenvalue weighted by Gasteiger charge is 2.51. The number of carbonyl (C=O) groups excluding carboxylic acids is 1. The van der Waals surface area contributed by atoms with Crippen molar-refractivity contribution >= 4 is 49.6 Å². The lowest BCUT2D eigenvalue weighted by Crippen LogP contribution is -2.33. The molecule has 9 aromatic carbocycles. The molecule has 300 valence electrons. The Morgan fingerprint density at radius 3 is 1.60 bits per heavy atom. The normalized spacial score (nSPS) is 14.4. The molecule has 0 amide bonds. The van der Waals surface area contributed by atoms with E-state index in [1.165, 1.54) is 21.5 Å². The van der Waals surface area contributed by atoms with Crippen molar-refractivity contribution in [3.8, 4) is 22.5 Å². The molecule has 0 aliphatic heterocycles. The van der Waals surface area contributed by atoms with Gasteiger partial charge in [-0.1, -0.05) is 158 Å². The fourth-order valence-electron chi connectivity index (χ4n) is 10.8. The molecule has 4 nitrogen and oxygen atoms in total. The Balaban J connectivity index is 1.23. The number of nitrogens with zero attached hydrogens (tertiary/aromatic N) is 2. The molecule has 0 saturated heterocycles. The molecule has 0 N–H and O–H groups in total. The standard InChI is InChI=1S/C59H42N2O2/c1-38-18-6-12-26-48(38)59(50-36-41(33-32-39(50)2)60-51-28-14-8-21-42(51)43-22-9-15-29-52(43)60)49-27-13-7-25-46(49)56-55(61-53-30-16-10-23-44(53)45-24-11-17-31-54(45)61)35-34-47(57(56)59)58(62)63-37-40-19-4-3-5-20-40/h3-36H,37H2,1-2H3. The summed E-state index contributed by atoms with van der Waals surface area (Å²) in [5, 5.41) is 4.78. The van der Waals surface area contributed by atoms with Crippen LogP contribution in [0.25, 0.3) is 66.1 Å². The molecule has 0 saturated carbocycles. The van der Waals surface area contributed by atoms with E-state index < -0.39 is 5.41 Å². The van der Waals surface area contributed by atoms with Crippen molar-refractivity contribution < 1.29 is 9.53 Å². The van der Waals surface area contributed by atoms with E-state index in [1.54, 1.807) is 0 Å². The minimum absolute atomic E-state index is 0.162. The van der Waals surface area contributed by atoms with Gasteiger partial charge in [-0.15, -0.1) is 0 Å². The van der Waals surface area contributed by atoms with Gasteiger partial charge < -0.3 is 13.9 Å². The number of aromatic nitrogens is 2. The predicted octanol–water partition coefficient (Wildman–Crippen LogP) is 14.2. The lowest BCUT2D eigenvalue weighted by Gasteiger charge is -2.37. The van der Waals surface area contributed by atoms with Crippen molar-refractivity contribution in [2.45, 2.75) is 25.9 Å². The Morgan fingerprint density at radius 1 is 0.476 bits per heavy atom. The lowest BCUT2D eigenvalue weighted by molar-refractivity contribution is 0.0471. The van der Waals surface area contributed by atoms with Crippen LogP contribution in [0.2, 0.25) is 0 Å². The fraction of sp³-hybridized carbons (Fsp3) is 0.0678. The molecule has 0 radical (unpaired) electrons. The number of fused-ring (bicyclic) bond motifs is 9. The maximum absolute atomic E-state index is 15.2. The average molecular weight is 811 g/mol. The zero-order chi connectivity index (χ0) is 42.2. The van der Waals surface area contributed by atoms with E-state index in [0.717, 1.165) is 83.5 Å². The molecule has 0 spiro atoms. The number of aryl methyl sites for hydroxylation is 2. The van der Waals surface area contributed by atoms with E-state index in [-0.39, 0.29) is 12.6 Å². The largest absolute Gasteiger partial charge is 0.457 e. The Bertz CT molecular complexity index is 3520. The Morgan fingerprint density at radius 2 is 0.984 bits per heavy atom. The van der Waals surface area contributed by atoms with E-state index in [0.29, 0.717) is 5.56 Å². The Kier molecular flexibility index (Phi) is 8.38. The summed E-state index contributed by atoms with van der Waals surface area (Å²) in [7, 11) is 0. The van der Waals surface area contributed by atoms with Crippen LogP contribution in [0.3, 0.4) is 0 Å². The Labute approximate surface area is 365 Å². The van der Waals surface area contributed by atoms with E-state index in [2.05, 4.69) is 193 Å². The molecule has 11 aromatic rings. The van der Waals surface area contributed by atoms with Crippen LogP contribution in [0.15, 0.2) is 206 Å². The van der Waals surface area contributed by atoms with E-state index >= 15 is 4.79 Å². The van der Waals surface area contributed by atoms with Crippen molar-refractivity contribution in [3.05, 3.63) is 251 Å². The monoisotopic (exact) mass is 810 g/mol. The van der Waals surface area contributed by atoms with Gasteiger partial charge in [0.05, 0.1) is 38.7 Å². The molecule has 1 unspecified atom stereocenters. The summed E-state index contributed by atoms with van der Waals surface area (Å²) in [6.07, 6.45) is 0.